The van der Waals surface area contributed by atoms with E-state index in [9.17, 15) is 4.39 Å². The number of nitrogens with zero attached hydrogens (tertiary/aromatic N) is 4. The molecule has 1 saturated heterocycles. The zero-order valence-corrected chi connectivity index (χ0v) is 17.5. The van der Waals surface area contributed by atoms with Gasteiger partial charge >= 0.3 is 0 Å². The molecule has 3 aromatic rings. The van der Waals surface area contributed by atoms with Crippen molar-refractivity contribution in [2.45, 2.75) is 27.3 Å². The summed E-state index contributed by atoms with van der Waals surface area (Å²) in [5, 5.41) is 4.82. The van der Waals surface area contributed by atoms with Crippen LogP contribution in [-0.4, -0.2) is 52.3 Å². The van der Waals surface area contributed by atoms with Crippen LogP contribution in [0.5, 0.6) is 0 Å². The lowest BCUT2D eigenvalue weighted by Crippen LogP contribution is -2.45. The number of likely N-dealkylation sites (N-methyl/N-ethyl adjacent to an activating group) is 1. The lowest BCUT2D eigenvalue weighted by molar-refractivity contribution is 0.131. The highest BCUT2D eigenvalue weighted by molar-refractivity contribution is 5.64. The third-order valence-corrected chi connectivity index (χ3v) is 6.02. The molecule has 4 nitrogen and oxygen atoms in total. The van der Waals surface area contributed by atoms with Gasteiger partial charge in [0.2, 0.25) is 0 Å². The van der Waals surface area contributed by atoms with Crippen molar-refractivity contribution in [3.05, 3.63) is 71.3 Å². The summed E-state index contributed by atoms with van der Waals surface area (Å²) in [5.74, 6) is -0.211. The monoisotopic (exact) mass is 392 g/mol. The minimum absolute atomic E-state index is 0.211. The highest BCUT2D eigenvalue weighted by Crippen LogP contribution is 2.24. The molecule has 0 spiro atoms. The van der Waals surface area contributed by atoms with Gasteiger partial charge in [0.15, 0.2) is 0 Å². The van der Waals surface area contributed by atoms with Gasteiger partial charge in [-0.1, -0.05) is 31.2 Å². The molecule has 1 aromatic heterocycles. The molecule has 0 saturated carbocycles. The summed E-state index contributed by atoms with van der Waals surface area (Å²) in [6, 6.07) is 14.9. The van der Waals surface area contributed by atoms with Gasteiger partial charge in [0, 0.05) is 44.0 Å². The highest BCUT2D eigenvalue weighted by Gasteiger charge is 2.20. The molecular formula is C24H29FN4. The Morgan fingerprint density at radius 2 is 1.38 bits per heavy atom. The van der Waals surface area contributed by atoms with E-state index in [1.165, 1.54) is 23.4 Å². The van der Waals surface area contributed by atoms with E-state index in [0.29, 0.717) is 0 Å². The summed E-state index contributed by atoms with van der Waals surface area (Å²) in [7, 11) is 0. The maximum absolute atomic E-state index is 13.2. The van der Waals surface area contributed by atoms with Crippen LogP contribution in [0.4, 0.5) is 4.39 Å². The van der Waals surface area contributed by atoms with Gasteiger partial charge in [-0.3, -0.25) is 4.90 Å². The summed E-state index contributed by atoms with van der Waals surface area (Å²) in [6.07, 6.45) is 0. The SMILES string of the molecule is CCN1CCN(Cc2c(C)nn(-c3ccc(-c4ccc(F)cc4)cc3)c2C)CC1. The van der Waals surface area contributed by atoms with Crippen molar-refractivity contribution in [1.29, 1.82) is 0 Å². The topological polar surface area (TPSA) is 24.3 Å². The Morgan fingerprint density at radius 1 is 0.828 bits per heavy atom. The summed E-state index contributed by atoms with van der Waals surface area (Å²) < 4.78 is 15.2. The minimum Gasteiger partial charge on any atom is -0.301 e. The summed E-state index contributed by atoms with van der Waals surface area (Å²) in [5.41, 5.74) is 6.77. The van der Waals surface area contributed by atoms with Crippen LogP contribution in [0.2, 0.25) is 0 Å². The van der Waals surface area contributed by atoms with Crippen LogP contribution in [0.1, 0.15) is 23.9 Å². The van der Waals surface area contributed by atoms with Crippen molar-refractivity contribution in [2.75, 3.05) is 32.7 Å². The molecule has 0 atom stereocenters. The van der Waals surface area contributed by atoms with Crippen molar-refractivity contribution < 1.29 is 4.39 Å². The first-order valence-electron chi connectivity index (χ1n) is 10.4. The largest absolute Gasteiger partial charge is 0.301 e. The third kappa shape index (κ3) is 4.26. The average Bonchev–Trinajstić information content (AvgIpc) is 3.03. The number of halogens is 1. The zero-order valence-electron chi connectivity index (χ0n) is 17.5. The van der Waals surface area contributed by atoms with Crippen LogP contribution in [0.3, 0.4) is 0 Å². The van der Waals surface area contributed by atoms with Crippen molar-refractivity contribution in [2.24, 2.45) is 0 Å². The molecule has 4 rings (SSSR count). The summed E-state index contributed by atoms with van der Waals surface area (Å²) >= 11 is 0. The molecule has 0 N–H and O–H groups in total. The molecule has 29 heavy (non-hydrogen) atoms. The van der Waals surface area contributed by atoms with Crippen LogP contribution in [0.25, 0.3) is 16.8 Å². The molecule has 0 radical (unpaired) electrons. The predicted octanol–water partition coefficient (Wildman–Crippen LogP) is 4.43. The first-order chi connectivity index (χ1) is 14.0. The van der Waals surface area contributed by atoms with Crippen molar-refractivity contribution in [3.8, 4) is 16.8 Å². The lowest BCUT2D eigenvalue weighted by atomic mass is 10.1. The summed E-state index contributed by atoms with van der Waals surface area (Å²) in [4.78, 5) is 5.04. The smallest absolute Gasteiger partial charge is 0.123 e. The normalized spacial score (nSPS) is 15.7. The first kappa shape index (κ1) is 19.8. The van der Waals surface area contributed by atoms with Gasteiger partial charge < -0.3 is 4.90 Å². The number of hydrogen-bond donors (Lipinski definition) is 0. The number of hydrogen-bond acceptors (Lipinski definition) is 3. The maximum atomic E-state index is 13.2. The molecule has 2 aromatic carbocycles. The van der Waals surface area contributed by atoms with E-state index in [-0.39, 0.29) is 5.82 Å². The van der Waals surface area contributed by atoms with E-state index in [2.05, 4.69) is 54.8 Å². The predicted molar refractivity (Wildman–Crippen MR) is 116 cm³/mol. The zero-order chi connectivity index (χ0) is 20.4. The lowest BCUT2D eigenvalue weighted by Gasteiger charge is -2.34. The molecule has 2 heterocycles. The third-order valence-electron chi connectivity index (χ3n) is 6.02. The number of rotatable bonds is 5. The Labute approximate surface area is 172 Å². The van der Waals surface area contributed by atoms with Gasteiger partial charge in [0.25, 0.3) is 0 Å². The average molecular weight is 393 g/mol. The molecule has 1 aliphatic rings. The van der Waals surface area contributed by atoms with Gasteiger partial charge in [-0.05, 0) is 55.8 Å². The molecule has 1 fully saturated rings. The minimum atomic E-state index is -0.211. The highest BCUT2D eigenvalue weighted by atomic mass is 19.1. The molecule has 152 valence electrons. The first-order valence-corrected chi connectivity index (χ1v) is 10.4. The number of piperazine rings is 1. The second kappa shape index (κ2) is 8.47. The molecule has 0 unspecified atom stereocenters. The van der Waals surface area contributed by atoms with Gasteiger partial charge in [-0.15, -0.1) is 0 Å². The second-order valence-electron chi connectivity index (χ2n) is 7.83. The van der Waals surface area contributed by atoms with Gasteiger partial charge in [0.05, 0.1) is 11.4 Å². The molecular weight excluding hydrogens is 363 g/mol. The fraction of sp³-hybridized carbons (Fsp3) is 0.375. The number of aromatic nitrogens is 2. The van der Waals surface area contributed by atoms with Crippen LogP contribution in [-0.2, 0) is 6.54 Å². The van der Waals surface area contributed by atoms with E-state index in [1.807, 2.05) is 16.8 Å². The van der Waals surface area contributed by atoms with E-state index < -0.39 is 0 Å². The maximum Gasteiger partial charge on any atom is 0.123 e. The van der Waals surface area contributed by atoms with Crippen molar-refractivity contribution in [3.63, 3.8) is 0 Å². The van der Waals surface area contributed by atoms with Gasteiger partial charge in [-0.2, -0.15) is 5.10 Å². The van der Waals surface area contributed by atoms with Crippen LogP contribution in [0, 0.1) is 19.7 Å². The van der Waals surface area contributed by atoms with Crippen molar-refractivity contribution in [1.82, 2.24) is 19.6 Å². The van der Waals surface area contributed by atoms with Crippen LogP contribution < -0.4 is 0 Å². The molecule has 0 bridgehead atoms. The van der Waals surface area contributed by atoms with Crippen LogP contribution >= 0.6 is 0 Å². The molecule has 0 amide bonds. The van der Waals surface area contributed by atoms with Crippen LogP contribution in [0.15, 0.2) is 48.5 Å². The van der Waals surface area contributed by atoms with Crippen molar-refractivity contribution >= 4 is 0 Å². The molecule has 5 heteroatoms. The fourth-order valence-electron chi connectivity index (χ4n) is 4.08. The van der Waals surface area contributed by atoms with Gasteiger partial charge in [0.1, 0.15) is 5.82 Å². The Bertz CT molecular complexity index is 952. The van der Waals surface area contributed by atoms with Gasteiger partial charge in [-0.25, -0.2) is 9.07 Å². The van der Waals surface area contributed by atoms with E-state index >= 15 is 0 Å². The number of benzene rings is 2. The Kier molecular flexibility index (Phi) is 5.79. The standard InChI is InChI=1S/C24H29FN4/c1-4-27-13-15-28(16-14-27)17-24-18(2)26-29(19(24)3)23-11-7-21(8-12-23)20-5-9-22(25)10-6-20/h5-12H,4,13-17H2,1-3H3. The fourth-order valence-corrected chi connectivity index (χ4v) is 4.08. The van der Waals surface area contributed by atoms with E-state index in [1.54, 1.807) is 0 Å². The Morgan fingerprint density at radius 3 is 1.97 bits per heavy atom. The molecule has 1 aliphatic heterocycles. The quantitative estimate of drug-likeness (QED) is 0.642. The summed E-state index contributed by atoms with van der Waals surface area (Å²) in [6.45, 7) is 13.1. The Balaban J connectivity index is 1.52. The van der Waals surface area contributed by atoms with E-state index in [4.69, 9.17) is 5.10 Å². The Hall–Kier alpha value is -2.50. The number of aryl methyl sites for hydroxylation is 1. The van der Waals surface area contributed by atoms with E-state index in [0.717, 1.165) is 61.8 Å². The second-order valence-corrected chi connectivity index (χ2v) is 7.83. The molecule has 0 aliphatic carbocycles.